The van der Waals surface area contributed by atoms with E-state index in [2.05, 4.69) is 5.32 Å². The Morgan fingerprint density at radius 1 is 1.33 bits per heavy atom. The zero-order chi connectivity index (χ0) is 15.4. The highest BCUT2D eigenvalue weighted by Crippen LogP contribution is 2.22. The highest BCUT2D eigenvalue weighted by atomic mass is 32.1. The number of nitrogens with two attached hydrogens (primary N) is 1. The highest BCUT2D eigenvalue weighted by molar-refractivity contribution is 7.10. The second-order valence-corrected chi connectivity index (χ2v) is 5.50. The lowest BCUT2D eigenvalue weighted by atomic mass is 10.1. The summed E-state index contributed by atoms with van der Waals surface area (Å²) in [5.74, 6) is -0.870. The lowest BCUT2D eigenvalue weighted by Gasteiger charge is -2.13. The van der Waals surface area contributed by atoms with Crippen LogP contribution < -0.4 is 11.1 Å². The van der Waals surface area contributed by atoms with E-state index in [0.717, 1.165) is 10.4 Å². The molecule has 0 aliphatic carbocycles. The van der Waals surface area contributed by atoms with E-state index in [1.807, 2.05) is 18.4 Å². The number of hydrogen-bond donors (Lipinski definition) is 2. The molecule has 1 heterocycles. The van der Waals surface area contributed by atoms with Gasteiger partial charge in [-0.25, -0.2) is 4.79 Å². The third-order valence-electron chi connectivity index (χ3n) is 2.97. The molecule has 1 aromatic heterocycles. The summed E-state index contributed by atoms with van der Waals surface area (Å²) in [6.45, 7) is 1.86. The van der Waals surface area contributed by atoms with Crippen LogP contribution in [0, 0.1) is 6.92 Å². The maximum Gasteiger partial charge on any atom is 0.339 e. The molecule has 0 fully saturated rings. The van der Waals surface area contributed by atoms with Crippen molar-refractivity contribution >= 4 is 28.9 Å². The van der Waals surface area contributed by atoms with Gasteiger partial charge in [-0.1, -0.05) is 17.7 Å². The Kier molecular flexibility index (Phi) is 4.72. The van der Waals surface area contributed by atoms with Gasteiger partial charge >= 0.3 is 5.97 Å². The number of rotatable bonds is 4. The van der Waals surface area contributed by atoms with Gasteiger partial charge in [0.25, 0.3) is 0 Å². The molecule has 0 bridgehead atoms. The van der Waals surface area contributed by atoms with Crippen molar-refractivity contribution in [3.05, 3.63) is 51.7 Å². The summed E-state index contributed by atoms with van der Waals surface area (Å²) in [6.07, 6.45) is 0. The van der Waals surface area contributed by atoms with Crippen molar-refractivity contribution in [2.24, 2.45) is 5.73 Å². The number of amides is 1. The molecule has 110 valence electrons. The van der Waals surface area contributed by atoms with Gasteiger partial charge in [0.1, 0.15) is 6.04 Å². The summed E-state index contributed by atoms with van der Waals surface area (Å²) in [5.41, 5.74) is 7.50. The first-order chi connectivity index (χ1) is 10.0. The third-order valence-corrected chi connectivity index (χ3v) is 3.93. The number of thiophene rings is 1. The number of anilines is 1. The molecular formula is C15H16N2O3S. The van der Waals surface area contributed by atoms with Gasteiger partial charge in [-0.15, -0.1) is 11.3 Å². The van der Waals surface area contributed by atoms with Crippen molar-refractivity contribution in [3.63, 3.8) is 0 Å². The van der Waals surface area contributed by atoms with E-state index in [1.54, 1.807) is 24.3 Å². The van der Waals surface area contributed by atoms with Crippen molar-refractivity contribution in [1.29, 1.82) is 0 Å². The van der Waals surface area contributed by atoms with Gasteiger partial charge in [-0.2, -0.15) is 0 Å². The van der Waals surface area contributed by atoms with E-state index in [0.29, 0.717) is 11.3 Å². The number of hydrogen-bond acceptors (Lipinski definition) is 5. The summed E-state index contributed by atoms with van der Waals surface area (Å²) < 4.78 is 4.73. The standard InChI is InChI=1S/C15H16N2O3S/c1-9-5-6-11(10(8-9)15(19)20-2)17-14(18)13(16)12-4-3-7-21-12/h3-8,13H,16H2,1-2H3,(H,17,18). The topological polar surface area (TPSA) is 81.4 Å². The third kappa shape index (κ3) is 3.48. The molecule has 0 saturated heterocycles. The first kappa shape index (κ1) is 15.2. The number of carbonyl (C=O) groups is 2. The van der Waals surface area contributed by atoms with Gasteiger partial charge in [-0.05, 0) is 30.5 Å². The molecule has 0 radical (unpaired) electrons. The average Bonchev–Trinajstić information content (AvgIpc) is 3.01. The molecule has 1 aromatic carbocycles. The van der Waals surface area contributed by atoms with Crippen LogP contribution in [0.25, 0.3) is 0 Å². The minimum absolute atomic E-state index is 0.309. The van der Waals surface area contributed by atoms with Crippen LogP contribution >= 0.6 is 11.3 Å². The van der Waals surface area contributed by atoms with Gasteiger partial charge in [0.15, 0.2) is 0 Å². The molecule has 0 aliphatic heterocycles. The zero-order valence-corrected chi connectivity index (χ0v) is 12.6. The highest BCUT2D eigenvalue weighted by Gasteiger charge is 2.20. The molecule has 2 rings (SSSR count). The molecule has 1 unspecified atom stereocenters. The number of ether oxygens (including phenoxy) is 1. The monoisotopic (exact) mass is 304 g/mol. The van der Waals surface area contributed by atoms with Crippen LogP contribution in [-0.2, 0) is 9.53 Å². The number of methoxy groups -OCH3 is 1. The molecule has 1 atom stereocenters. The Morgan fingerprint density at radius 3 is 2.71 bits per heavy atom. The van der Waals surface area contributed by atoms with Crippen LogP contribution in [0.4, 0.5) is 5.69 Å². The molecule has 1 amide bonds. The van der Waals surface area contributed by atoms with Crippen molar-refractivity contribution < 1.29 is 14.3 Å². The van der Waals surface area contributed by atoms with Crippen LogP contribution in [0.5, 0.6) is 0 Å². The Labute approximate surface area is 126 Å². The van der Waals surface area contributed by atoms with E-state index in [9.17, 15) is 9.59 Å². The van der Waals surface area contributed by atoms with Gasteiger partial charge in [-0.3, -0.25) is 4.79 Å². The lowest BCUT2D eigenvalue weighted by Crippen LogP contribution is -2.27. The number of benzene rings is 1. The van der Waals surface area contributed by atoms with Gasteiger partial charge in [0, 0.05) is 4.88 Å². The smallest absolute Gasteiger partial charge is 0.339 e. The summed E-state index contributed by atoms with van der Waals surface area (Å²) in [5, 5.41) is 4.54. The zero-order valence-electron chi connectivity index (χ0n) is 11.8. The summed E-state index contributed by atoms with van der Waals surface area (Å²) in [4.78, 5) is 24.7. The Hall–Kier alpha value is -2.18. The Balaban J connectivity index is 2.23. The predicted octanol–water partition coefficient (Wildman–Crippen LogP) is 2.48. The SMILES string of the molecule is COC(=O)c1cc(C)ccc1NC(=O)C(N)c1cccs1. The first-order valence-corrected chi connectivity index (χ1v) is 7.19. The number of carbonyl (C=O) groups excluding carboxylic acids is 2. The normalized spacial score (nSPS) is 11.8. The van der Waals surface area contributed by atoms with Crippen LogP contribution in [0.2, 0.25) is 0 Å². The predicted molar refractivity (Wildman–Crippen MR) is 82.4 cm³/mol. The number of esters is 1. The van der Waals surface area contributed by atoms with E-state index in [4.69, 9.17) is 10.5 Å². The van der Waals surface area contributed by atoms with Crippen LogP contribution in [0.15, 0.2) is 35.7 Å². The van der Waals surface area contributed by atoms with Crippen LogP contribution in [-0.4, -0.2) is 19.0 Å². The van der Waals surface area contributed by atoms with Crippen molar-refractivity contribution in [2.45, 2.75) is 13.0 Å². The fourth-order valence-corrected chi connectivity index (χ4v) is 2.58. The van der Waals surface area contributed by atoms with Crippen molar-refractivity contribution in [2.75, 3.05) is 12.4 Å². The molecule has 21 heavy (non-hydrogen) atoms. The maximum atomic E-state index is 12.2. The molecule has 0 saturated carbocycles. The van der Waals surface area contributed by atoms with Crippen LogP contribution in [0.3, 0.4) is 0 Å². The lowest BCUT2D eigenvalue weighted by molar-refractivity contribution is -0.117. The van der Waals surface area contributed by atoms with E-state index in [-0.39, 0.29) is 5.91 Å². The van der Waals surface area contributed by atoms with Crippen molar-refractivity contribution in [3.8, 4) is 0 Å². The number of nitrogens with one attached hydrogen (secondary N) is 1. The fourth-order valence-electron chi connectivity index (χ4n) is 1.85. The molecule has 5 nitrogen and oxygen atoms in total. The van der Waals surface area contributed by atoms with Crippen LogP contribution in [0.1, 0.15) is 26.8 Å². The summed E-state index contributed by atoms with van der Waals surface area (Å²) >= 11 is 1.41. The fraction of sp³-hybridized carbons (Fsp3) is 0.200. The Morgan fingerprint density at radius 2 is 2.10 bits per heavy atom. The first-order valence-electron chi connectivity index (χ1n) is 6.31. The van der Waals surface area contributed by atoms with Gasteiger partial charge in [0.2, 0.25) is 5.91 Å². The quantitative estimate of drug-likeness (QED) is 0.850. The van der Waals surface area contributed by atoms with Gasteiger partial charge < -0.3 is 15.8 Å². The minimum atomic E-state index is -0.767. The average molecular weight is 304 g/mol. The summed E-state index contributed by atoms with van der Waals surface area (Å²) in [6, 6.07) is 8.00. The largest absolute Gasteiger partial charge is 0.465 e. The Bertz CT molecular complexity index is 653. The minimum Gasteiger partial charge on any atom is -0.465 e. The maximum absolute atomic E-state index is 12.2. The molecule has 0 spiro atoms. The molecule has 2 aromatic rings. The molecular weight excluding hydrogens is 288 g/mol. The molecule has 0 aliphatic rings. The summed E-state index contributed by atoms with van der Waals surface area (Å²) in [7, 11) is 1.30. The number of aryl methyl sites for hydroxylation is 1. The van der Waals surface area contributed by atoms with E-state index >= 15 is 0 Å². The van der Waals surface area contributed by atoms with E-state index < -0.39 is 12.0 Å². The second kappa shape index (κ2) is 6.51. The van der Waals surface area contributed by atoms with E-state index in [1.165, 1.54) is 18.4 Å². The second-order valence-electron chi connectivity index (χ2n) is 4.52. The molecule has 3 N–H and O–H groups in total. The molecule has 6 heteroatoms. The van der Waals surface area contributed by atoms with Crippen molar-refractivity contribution in [1.82, 2.24) is 0 Å². The van der Waals surface area contributed by atoms with Gasteiger partial charge in [0.05, 0.1) is 18.4 Å².